The van der Waals surface area contributed by atoms with Crippen LogP contribution in [0.1, 0.15) is 38.8 Å². The number of pyridine rings is 1. The molecule has 0 saturated carbocycles. The van der Waals surface area contributed by atoms with Crippen LogP contribution in [0, 0.1) is 12.8 Å². The molecule has 1 rings (SSSR count). The van der Waals surface area contributed by atoms with Crippen LogP contribution in [0.4, 0.5) is 5.82 Å². The maximum Gasteiger partial charge on any atom is 0.131 e. The summed E-state index contributed by atoms with van der Waals surface area (Å²) in [4.78, 5) is 6.76. The highest BCUT2D eigenvalue weighted by atomic mass is 16.5. The summed E-state index contributed by atoms with van der Waals surface area (Å²) in [7, 11) is 2.07. The summed E-state index contributed by atoms with van der Waals surface area (Å²) < 4.78 is 5.59. The van der Waals surface area contributed by atoms with Gasteiger partial charge in [-0.2, -0.15) is 0 Å². The van der Waals surface area contributed by atoms with E-state index in [-0.39, 0.29) is 6.10 Å². The molecule has 0 spiro atoms. The lowest BCUT2D eigenvalue weighted by Gasteiger charge is -2.21. The third-order valence-electron chi connectivity index (χ3n) is 3.23. The van der Waals surface area contributed by atoms with Gasteiger partial charge in [0.15, 0.2) is 0 Å². The van der Waals surface area contributed by atoms with Crippen LogP contribution in [0.5, 0.6) is 0 Å². The van der Waals surface area contributed by atoms with Gasteiger partial charge in [0.05, 0.1) is 12.7 Å². The zero-order valence-electron chi connectivity index (χ0n) is 14.4. The van der Waals surface area contributed by atoms with E-state index in [1.165, 1.54) is 11.1 Å². The maximum absolute atomic E-state index is 5.59. The van der Waals surface area contributed by atoms with E-state index in [9.17, 15) is 0 Å². The normalized spacial score (nSPS) is 11.4. The lowest BCUT2D eigenvalue weighted by Crippen LogP contribution is -2.25. The Hall–Kier alpha value is -1.13. The fourth-order valence-corrected chi connectivity index (χ4v) is 2.16. The Balaban J connectivity index is 2.52. The van der Waals surface area contributed by atoms with Crippen LogP contribution >= 0.6 is 0 Å². The summed E-state index contributed by atoms with van der Waals surface area (Å²) in [6.07, 6.45) is 2.25. The van der Waals surface area contributed by atoms with Gasteiger partial charge in [-0.05, 0) is 50.4 Å². The van der Waals surface area contributed by atoms with Crippen molar-refractivity contribution in [2.75, 3.05) is 31.6 Å². The molecule has 0 aliphatic heterocycles. The molecule has 1 aromatic heterocycles. The number of nitrogens with zero attached hydrogens (tertiary/aromatic N) is 2. The van der Waals surface area contributed by atoms with Gasteiger partial charge in [0.25, 0.3) is 0 Å². The van der Waals surface area contributed by atoms with Crippen molar-refractivity contribution < 1.29 is 4.74 Å². The molecule has 0 atom stereocenters. The van der Waals surface area contributed by atoms with Crippen LogP contribution in [0.25, 0.3) is 0 Å². The minimum absolute atomic E-state index is 0.280. The summed E-state index contributed by atoms with van der Waals surface area (Å²) in [6, 6.07) is 2.22. The van der Waals surface area contributed by atoms with Gasteiger partial charge in [-0.3, -0.25) is 0 Å². The Morgan fingerprint density at radius 3 is 2.57 bits per heavy atom. The Labute approximate surface area is 129 Å². The number of hydrogen-bond donors (Lipinski definition) is 1. The fourth-order valence-electron chi connectivity index (χ4n) is 2.16. The molecular formula is C17H31N3O. The van der Waals surface area contributed by atoms with Gasteiger partial charge in [-0.1, -0.05) is 13.8 Å². The van der Waals surface area contributed by atoms with Crippen molar-refractivity contribution in [1.29, 1.82) is 0 Å². The van der Waals surface area contributed by atoms with Gasteiger partial charge in [-0.25, -0.2) is 4.98 Å². The summed E-state index contributed by atoms with van der Waals surface area (Å²) >= 11 is 0. The monoisotopic (exact) mass is 293 g/mol. The molecule has 1 N–H and O–H groups in total. The summed E-state index contributed by atoms with van der Waals surface area (Å²) in [5, 5.41) is 3.45. The van der Waals surface area contributed by atoms with E-state index in [4.69, 9.17) is 4.74 Å². The van der Waals surface area contributed by atoms with Gasteiger partial charge >= 0.3 is 0 Å². The van der Waals surface area contributed by atoms with Gasteiger partial charge in [0.2, 0.25) is 0 Å². The van der Waals surface area contributed by atoms with E-state index >= 15 is 0 Å². The summed E-state index contributed by atoms with van der Waals surface area (Å²) in [5.41, 5.74) is 2.45. The lowest BCUT2D eigenvalue weighted by atomic mass is 10.2. The SMILES string of the molecule is Cc1cc(CNCC(C)C)cnc1N(C)CCOC(C)C. The number of aromatic nitrogens is 1. The summed E-state index contributed by atoms with van der Waals surface area (Å²) in [6.45, 7) is 14.2. The molecule has 4 heteroatoms. The number of nitrogens with one attached hydrogen (secondary N) is 1. The third-order valence-corrected chi connectivity index (χ3v) is 3.23. The Kier molecular flexibility index (Phi) is 7.68. The minimum atomic E-state index is 0.280. The van der Waals surface area contributed by atoms with Crippen LogP contribution < -0.4 is 10.2 Å². The van der Waals surface area contributed by atoms with E-state index in [1.54, 1.807) is 0 Å². The molecule has 0 amide bonds. The van der Waals surface area contributed by atoms with Crippen LogP contribution in [0.3, 0.4) is 0 Å². The van der Waals surface area contributed by atoms with Crippen LogP contribution in [-0.2, 0) is 11.3 Å². The van der Waals surface area contributed by atoms with Gasteiger partial charge < -0.3 is 15.0 Å². The van der Waals surface area contributed by atoms with Gasteiger partial charge in [-0.15, -0.1) is 0 Å². The van der Waals surface area contributed by atoms with Crippen molar-refractivity contribution in [2.45, 2.75) is 47.3 Å². The van der Waals surface area contributed by atoms with E-state index in [2.05, 4.69) is 62.9 Å². The Morgan fingerprint density at radius 1 is 1.29 bits per heavy atom. The number of anilines is 1. The van der Waals surface area contributed by atoms with Crippen molar-refractivity contribution in [3.05, 3.63) is 23.4 Å². The van der Waals surface area contributed by atoms with Crippen molar-refractivity contribution in [2.24, 2.45) is 5.92 Å². The zero-order chi connectivity index (χ0) is 15.8. The molecular weight excluding hydrogens is 262 g/mol. The van der Waals surface area contributed by atoms with Crippen LogP contribution in [0.15, 0.2) is 12.3 Å². The van der Waals surface area contributed by atoms with Crippen molar-refractivity contribution in [3.63, 3.8) is 0 Å². The first kappa shape index (κ1) is 17.9. The number of hydrogen-bond acceptors (Lipinski definition) is 4. The molecule has 120 valence electrons. The number of rotatable bonds is 9. The molecule has 0 aromatic carbocycles. The quantitative estimate of drug-likeness (QED) is 0.759. The predicted octanol–water partition coefficient (Wildman–Crippen LogP) is 3.00. The third kappa shape index (κ3) is 6.91. The molecule has 1 aromatic rings. The van der Waals surface area contributed by atoms with Crippen molar-refractivity contribution in [1.82, 2.24) is 10.3 Å². The van der Waals surface area contributed by atoms with E-state index in [1.807, 2.05) is 6.20 Å². The molecule has 0 bridgehead atoms. The average Bonchev–Trinajstić information content (AvgIpc) is 2.37. The van der Waals surface area contributed by atoms with Crippen LogP contribution in [-0.4, -0.2) is 37.8 Å². The van der Waals surface area contributed by atoms with Crippen LogP contribution in [0.2, 0.25) is 0 Å². The first-order valence-electron chi connectivity index (χ1n) is 7.89. The number of ether oxygens (including phenoxy) is 1. The van der Waals surface area contributed by atoms with Crippen molar-refractivity contribution in [3.8, 4) is 0 Å². The highest BCUT2D eigenvalue weighted by molar-refractivity contribution is 5.46. The largest absolute Gasteiger partial charge is 0.377 e. The zero-order valence-corrected chi connectivity index (χ0v) is 14.4. The topological polar surface area (TPSA) is 37.4 Å². The lowest BCUT2D eigenvalue weighted by molar-refractivity contribution is 0.0845. The molecule has 0 aliphatic carbocycles. The fraction of sp³-hybridized carbons (Fsp3) is 0.706. The molecule has 0 unspecified atom stereocenters. The molecule has 1 heterocycles. The highest BCUT2D eigenvalue weighted by Gasteiger charge is 2.07. The molecule has 0 fully saturated rings. The maximum atomic E-state index is 5.59. The van der Waals surface area contributed by atoms with E-state index in [0.29, 0.717) is 5.92 Å². The molecule has 0 saturated heterocycles. The molecule has 0 radical (unpaired) electrons. The smallest absolute Gasteiger partial charge is 0.131 e. The molecule has 21 heavy (non-hydrogen) atoms. The van der Waals surface area contributed by atoms with Crippen molar-refractivity contribution >= 4 is 5.82 Å². The molecule has 0 aliphatic rings. The van der Waals surface area contributed by atoms with E-state index < -0.39 is 0 Å². The van der Waals surface area contributed by atoms with Gasteiger partial charge in [0, 0.05) is 26.3 Å². The van der Waals surface area contributed by atoms with E-state index in [0.717, 1.165) is 32.1 Å². The first-order valence-corrected chi connectivity index (χ1v) is 7.89. The minimum Gasteiger partial charge on any atom is -0.377 e. The standard InChI is InChI=1S/C17H31N3O/c1-13(2)10-18-11-16-9-15(5)17(19-12-16)20(6)7-8-21-14(3)4/h9,12-14,18H,7-8,10-11H2,1-6H3. The number of likely N-dealkylation sites (N-methyl/N-ethyl adjacent to an activating group) is 1. The van der Waals surface area contributed by atoms with Gasteiger partial charge in [0.1, 0.15) is 5.82 Å². The average molecular weight is 293 g/mol. The Bertz CT molecular complexity index is 418. The second-order valence-electron chi connectivity index (χ2n) is 6.35. The Morgan fingerprint density at radius 2 is 2.00 bits per heavy atom. The number of aryl methyl sites for hydroxylation is 1. The first-order chi connectivity index (χ1) is 9.90. The predicted molar refractivity (Wildman–Crippen MR) is 89.9 cm³/mol. The molecule has 4 nitrogen and oxygen atoms in total. The highest BCUT2D eigenvalue weighted by Crippen LogP contribution is 2.16. The summed E-state index contributed by atoms with van der Waals surface area (Å²) in [5.74, 6) is 1.71. The second kappa shape index (κ2) is 9.00. The second-order valence-corrected chi connectivity index (χ2v) is 6.35.